The number of hydrogen-bond acceptors (Lipinski definition) is 4. The number of piperazine rings is 1. The Kier molecular flexibility index (Phi) is 4.93. The SMILES string of the molecule is CN1CCN(c2ccc(C(=O)Nc3cccc(Br)c3)cn2)CC1. The number of rotatable bonds is 3. The van der Waals surface area contributed by atoms with Crippen LogP contribution in [0.2, 0.25) is 0 Å². The number of anilines is 2. The summed E-state index contributed by atoms with van der Waals surface area (Å²) in [5.41, 5.74) is 1.32. The van der Waals surface area contributed by atoms with Crippen molar-refractivity contribution in [2.24, 2.45) is 0 Å². The summed E-state index contributed by atoms with van der Waals surface area (Å²) in [5.74, 6) is 0.776. The summed E-state index contributed by atoms with van der Waals surface area (Å²) in [6, 6.07) is 11.3. The maximum Gasteiger partial charge on any atom is 0.257 e. The van der Waals surface area contributed by atoms with Gasteiger partial charge in [-0.25, -0.2) is 4.98 Å². The largest absolute Gasteiger partial charge is 0.354 e. The Hall–Kier alpha value is -1.92. The fraction of sp³-hybridized carbons (Fsp3) is 0.294. The molecule has 0 radical (unpaired) electrons. The summed E-state index contributed by atoms with van der Waals surface area (Å²) in [6.07, 6.45) is 1.64. The van der Waals surface area contributed by atoms with Crippen molar-refractivity contribution in [2.75, 3.05) is 43.4 Å². The van der Waals surface area contributed by atoms with Gasteiger partial charge in [-0.2, -0.15) is 0 Å². The third-order valence-electron chi connectivity index (χ3n) is 3.92. The second-order valence-electron chi connectivity index (χ2n) is 5.66. The van der Waals surface area contributed by atoms with E-state index in [1.54, 1.807) is 6.20 Å². The molecule has 3 rings (SSSR count). The second kappa shape index (κ2) is 7.10. The van der Waals surface area contributed by atoms with Gasteiger partial charge in [-0.3, -0.25) is 4.79 Å². The highest BCUT2D eigenvalue weighted by Crippen LogP contribution is 2.17. The van der Waals surface area contributed by atoms with Crippen LogP contribution in [0.15, 0.2) is 47.1 Å². The molecule has 0 unspecified atom stereocenters. The molecule has 6 heteroatoms. The van der Waals surface area contributed by atoms with Crippen LogP contribution in [0.4, 0.5) is 11.5 Å². The van der Waals surface area contributed by atoms with Crippen LogP contribution in [0.5, 0.6) is 0 Å². The van der Waals surface area contributed by atoms with Gasteiger partial charge in [0.1, 0.15) is 5.82 Å². The monoisotopic (exact) mass is 374 g/mol. The third-order valence-corrected chi connectivity index (χ3v) is 4.41. The van der Waals surface area contributed by atoms with Gasteiger partial charge in [-0.15, -0.1) is 0 Å². The topological polar surface area (TPSA) is 48.5 Å². The summed E-state index contributed by atoms with van der Waals surface area (Å²) in [4.78, 5) is 21.3. The van der Waals surface area contributed by atoms with E-state index < -0.39 is 0 Å². The lowest BCUT2D eigenvalue weighted by molar-refractivity contribution is 0.102. The first-order valence-corrected chi connectivity index (χ1v) is 8.37. The lowest BCUT2D eigenvalue weighted by atomic mass is 10.2. The highest BCUT2D eigenvalue weighted by atomic mass is 79.9. The first-order chi connectivity index (χ1) is 11.1. The molecule has 1 amide bonds. The molecule has 0 saturated carbocycles. The first kappa shape index (κ1) is 16.0. The van der Waals surface area contributed by atoms with E-state index in [4.69, 9.17) is 0 Å². The van der Waals surface area contributed by atoms with Crippen LogP contribution in [0.3, 0.4) is 0 Å². The van der Waals surface area contributed by atoms with Crippen LogP contribution in [0.1, 0.15) is 10.4 Å². The molecule has 1 aliphatic rings. The average Bonchev–Trinajstić information content (AvgIpc) is 2.56. The standard InChI is InChI=1S/C17H19BrN4O/c1-21-7-9-22(10-8-21)16-6-5-13(12-19-16)17(23)20-15-4-2-3-14(18)11-15/h2-6,11-12H,7-10H2,1H3,(H,20,23). The minimum atomic E-state index is -0.152. The van der Waals surface area contributed by atoms with Gasteiger partial charge in [-0.05, 0) is 37.4 Å². The average molecular weight is 375 g/mol. The number of benzene rings is 1. The van der Waals surface area contributed by atoms with Gasteiger partial charge in [0.25, 0.3) is 5.91 Å². The fourth-order valence-corrected chi connectivity index (χ4v) is 2.91. The van der Waals surface area contributed by atoms with Gasteiger partial charge < -0.3 is 15.1 Å². The van der Waals surface area contributed by atoms with Crippen molar-refractivity contribution in [3.05, 3.63) is 52.6 Å². The van der Waals surface area contributed by atoms with Crippen LogP contribution in [-0.2, 0) is 0 Å². The van der Waals surface area contributed by atoms with Crippen molar-refractivity contribution >= 4 is 33.3 Å². The smallest absolute Gasteiger partial charge is 0.257 e. The van der Waals surface area contributed by atoms with E-state index in [0.717, 1.165) is 42.2 Å². The van der Waals surface area contributed by atoms with Crippen molar-refractivity contribution in [2.45, 2.75) is 0 Å². The maximum atomic E-state index is 12.3. The molecule has 1 saturated heterocycles. The van der Waals surface area contributed by atoms with Gasteiger partial charge in [0.05, 0.1) is 5.56 Å². The Morgan fingerprint density at radius 1 is 1.17 bits per heavy atom. The van der Waals surface area contributed by atoms with Crippen molar-refractivity contribution in [3.63, 3.8) is 0 Å². The Morgan fingerprint density at radius 3 is 2.61 bits per heavy atom. The van der Waals surface area contributed by atoms with Crippen molar-refractivity contribution in [1.82, 2.24) is 9.88 Å². The zero-order valence-corrected chi connectivity index (χ0v) is 14.6. The Balaban J connectivity index is 1.65. The van der Waals surface area contributed by atoms with Crippen LogP contribution in [-0.4, -0.2) is 49.0 Å². The maximum absolute atomic E-state index is 12.3. The Labute approximate surface area is 144 Å². The van der Waals surface area contributed by atoms with E-state index in [2.05, 4.69) is 43.1 Å². The van der Waals surface area contributed by atoms with Crippen molar-refractivity contribution in [1.29, 1.82) is 0 Å². The molecule has 1 aromatic heterocycles. The van der Waals surface area contributed by atoms with Gasteiger partial charge in [-0.1, -0.05) is 22.0 Å². The predicted molar refractivity (Wildman–Crippen MR) is 96.0 cm³/mol. The number of nitrogens with one attached hydrogen (secondary N) is 1. The van der Waals surface area contributed by atoms with Crippen LogP contribution in [0, 0.1) is 0 Å². The van der Waals surface area contributed by atoms with Crippen molar-refractivity contribution < 1.29 is 4.79 Å². The minimum Gasteiger partial charge on any atom is -0.354 e. The summed E-state index contributed by atoms with van der Waals surface area (Å²) in [6.45, 7) is 4.00. The van der Waals surface area contributed by atoms with Crippen LogP contribution < -0.4 is 10.2 Å². The number of aromatic nitrogens is 1. The molecule has 23 heavy (non-hydrogen) atoms. The van der Waals surface area contributed by atoms with Gasteiger partial charge in [0.2, 0.25) is 0 Å². The molecule has 1 N–H and O–H groups in total. The normalized spacial score (nSPS) is 15.5. The number of likely N-dealkylation sites (N-methyl/N-ethyl adjacent to an activating group) is 1. The number of amides is 1. The molecule has 1 fully saturated rings. The van der Waals surface area contributed by atoms with Gasteiger partial charge in [0, 0.05) is 42.5 Å². The summed E-state index contributed by atoms with van der Waals surface area (Å²) < 4.78 is 0.929. The summed E-state index contributed by atoms with van der Waals surface area (Å²) in [5, 5.41) is 2.87. The second-order valence-corrected chi connectivity index (χ2v) is 6.58. The van der Waals surface area contributed by atoms with Crippen LogP contribution in [0.25, 0.3) is 0 Å². The van der Waals surface area contributed by atoms with E-state index in [9.17, 15) is 4.79 Å². The zero-order valence-electron chi connectivity index (χ0n) is 13.0. The molecule has 1 aromatic carbocycles. The summed E-state index contributed by atoms with van der Waals surface area (Å²) >= 11 is 3.39. The van der Waals surface area contributed by atoms with Gasteiger partial charge in [0.15, 0.2) is 0 Å². The molecule has 0 aliphatic carbocycles. The number of nitrogens with zero attached hydrogens (tertiary/aromatic N) is 3. The number of pyridine rings is 1. The molecule has 1 aliphatic heterocycles. The Morgan fingerprint density at radius 2 is 1.96 bits per heavy atom. The van der Waals surface area contributed by atoms with Gasteiger partial charge >= 0.3 is 0 Å². The van der Waals surface area contributed by atoms with Crippen molar-refractivity contribution in [3.8, 4) is 0 Å². The summed E-state index contributed by atoms with van der Waals surface area (Å²) in [7, 11) is 2.13. The number of halogens is 1. The molecule has 5 nitrogen and oxygen atoms in total. The quantitative estimate of drug-likeness (QED) is 0.897. The number of carbonyl (C=O) groups is 1. The van der Waals surface area contributed by atoms with E-state index in [-0.39, 0.29) is 5.91 Å². The lowest BCUT2D eigenvalue weighted by Crippen LogP contribution is -2.44. The third kappa shape index (κ3) is 4.09. The lowest BCUT2D eigenvalue weighted by Gasteiger charge is -2.33. The number of hydrogen-bond donors (Lipinski definition) is 1. The highest BCUT2D eigenvalue weighted by molar-refractivity contribution is 9.10. The molecule has 2 aromatic rings. The highest BCUT2D eigenvalue weighted by Gasteiger charge is 2.15. The molecular weight excluding hydrogens is 356 g/mol. The molecular formula is C17H19BrN4O. The predicted octanol–water partition coefficient (Wildman–Crippen LogP) is 2.85. The molecule has 120 valence electrons. The van der Waals surface area contributed by atoms with E-state index in [0.29, 0.717) is 5.56 Å². The zero-order chi connectivity index (χ0) is 16.2. The number of carbonyl (C=O) groups excluding carboxylic acids is 1. The van der Waals surface area contributed by atoms with E-state index >= 15 is 0 Å². The van der Waals surface area contributed by atoms with Crippen LogP contribution >= 0.6 is 15.9 Å². The Bertz CT molecular complexity index is 681. The molecule has 0 bridgehead atoms. The van der Waals surface area contributed by atoms with E-state index in [1.165, 1.54) is 0 Å². The first-order valence-electron chi connectivity index (χ1n) is 7.58. The molecule has 2 heterocycles. The van der Waals surface area contributed by atoms with E-state index in [1.807, 2.05) is 36.4 Å². The minimum absolute atomic E-state index is 0.152. The fourth-order valence-electron chi connectivity index (χ4n) is 2.51. The molecule has 0 spiro atoms. The molecule has 0 atom stereocenters.